The molecule has 0 unspecified atom stereocenters. The molecule has 0 bridgehead atoms. The van der Waals surface area contributed by atoms with Gasteiger partial charge in [-0.1, -0.05) is 0 Å². The van der Waals surface area contributed by atoms with E-state index in [0.717, 1.165) is 16.0 Å². The van der Waals surface area contributed by atoms with Crippen LogP contribution >= 0.6 is 0 Å². The number of hydrogen-bond acceptors (Lipinski definition) is 3. The maximum atomic E-state index is 14.1. The van der Waals surface area contributed by atoms with Crippen molar-refractivity contribution in [1.29, 1.82) is 0 Å². The van der Waals surface area contributed by atoms with Gasteiger partial charge in [-0.15, -0.1) is 0 Å². The van der Waals surface area contributed by atoms with Crippen molar-refractivity contribution in [3.63, 3.8) is 0 Å². The maximum absolute atomic E-state index is 14.1. The third-order valence-corrected chi connectivity index (χ3v) is 5.64. The summed E-state index contributed by atoms with van der Waals surface area (Å²) in [5.41, 5.74) is -6.15. The van der Waals surface area contributed by atoms with Gasteiger partial charge in [0, 0.05) is 12.8 Å². The van der Waals surface area contributed by atoms with E-state index in [2.05, 4.69) is 0 Å². The van der Waals surface area contributed by atoms with Gasteiger partial charge in [-0.25, -0.2) is 65.9 Å². The Balaban J connectivity index is 1.99. The Kier molecular flexibility index (Phi) is 9.92. The highest BCUT2D eigenvalue weighted by molar-refractivity contribution is 6.02. The zero-order chi connectivity index (χ0) is 34.2. The number of anilines is 3. The van der Waals surface area contributed by atoms with Crippen molar-refractivity contribution in [3.05, 3.63) is 87.3 Å². The molecule has 0 heterocycles. The minimum Gasteiger partial charge on any atom is -0.321 e. The van der Waals surface area contributed by atoms with Crippen LogP contribution < -0.4 is 16.0 Å². The van der Waals surface area contributed by atoms with Crippen molar-refractivity contribution < 1.29 is 80.2 Å². The standard InChI is InChI=1S/C24H8F15N3O3/c25-6-9(28)15(34)21(16(35)10(6)29)40-4(43)1-3(24(45)42-23-19(38)13(32)8(27)14(33)20(23)39)2-5(44)41-22-17(36)11(30)7(26)12(31)18(22)37/h3H,1-2H2,(H,40,43)(H,41,44)(H,42,45). The average Bonchev–Trinajstić information content (AvgIpc) is 3.00. The molecule has 242 valence electrons. The Bertz CT molecular complexity index is 1590. The number of carbonyl (C=O) groups is 3. The van der Waals surface area contributed by atoms with Crippen molar-refractivity contribution in [3.8, 4) is 0 Å². The van der Waals surface area contributed by atoms with Crippen LogP contribution in [0.3, 0.4) is 0 Å². The Morgan fingerprint density at radius 2 is 0.556 bits per heavy atom. The summed E-state index contributed by atoms with van der Waals surface area (Å²) in [4.78, 5) is 37.5. The lowest BCUT2D eigenvalue weighted by Crippen LogP contribution is -2.32. The first-order valence-corrected chi connectivity index (χ1v) is 11.3. The first kappa shape index (κ1) is 34.5. The highest BCUT2D eigenvalue weighted by atomic mass is 19.2. The summed E-state index contributed by atoms with van der Waals surface area (Å²) < 4.78 is 205. The monoisotopic (exact) mass is 671 g/mol. The summed E-state index contributed by atoms with van der Waals surface area (Å²) in [5, 5.41) is 3.33. The number of amides is 3. The van der Waals surface area contributed by atoms with Crippen molar-refractivity contribution in [2.24, 2.45) is 5.92 Å². The zero-order valence-electron chi connectivity index (χ0n) is 20.9. The van der Waals surface area contributed by atoms with Crippen molar-refractivity contribution >= 4 is 34.8 Å². The molecular weight excluding hydrogens is 663 g/mol. The third kappa shape index (κ3) is 6.45. The predicted molar refractivity (Wildman–Crippen MR) is 117 cm³/mol. The smallest absolute Gasteiger partial charge is 0.228 e. The quantitative estimate of drug-likeness (QED) is 0.148. The van der Waals surface area contributed by atoms with Crippen LogP contribution in [0.15, 0.2) is 0 Å². The van der Waals surface area contributed by atoms with Gasteiger partial charge in [-0.2, -0.15) is 0 Å². The lowest BCUT2D eigenvalue weighted by atomic mass is 9.98. The largest absolute Gasteiger partial charge is 0.321 e. The fourth-order valence-electron chi connectivity index (χ4n) is 3.46. The summed E-state index contributed by atoms with van der Waals surface area (Å²) >= 11 is 0. The van der Waals surface area contributed by atoms with E-state index in [9.17, 15) is 80.2 Å². The van der Waals surface area contributed by atoms with Crippen LogP contribution in [0, 0.1) is 93.2 Å². The van der Waals surface area contributed by atoms with Gasteiger partial charge in [0.15, 0.2) is 69.8 Å². The molecule has 0 fully saturated rings. The number of carbonyl (C=O) groups excluding carboxylic acids is 3. The summed E-state index contributed by atoms with van der Waals surface area (Å²) in [6, 6.07) is 0. The molecule has 3 N–H and O–H groups in total. The first-order chi connectivity index (χ1) is 20.8. The van der Waals surface area contributed by atoms with Gasteiger partial charge < -0.3 is 16.0 Å². The van der Waals surface area contributed by atoms with Gasteiger partial charge >= 0.3 is 0 Å². The van der Waals surface area contributed by atoms with E-state index < -0.39 is 141 Å². The number of nitrogens with one attached hydrogen (secondary N) is 3. The van der Waals surface area contributed by atoms with Crippen molar-refractivity contribution in [2.75, 3.05) is 16.0 Å². The molecule has 0 aliphatic rings. The number of rotatable bonds is 8. The van der Waals surface area contributed by atoms with Gasteiger partial charge in [0.2, 0.25) is 35.2 Å². The van der Waals surface area contributed by atoms with E-state index in [4.69, 9.17) is 0 Å². The van der Waals surface area contributed by atoms with Gasteiger partial charge in [-0.3, -0.25) is 14.4 Å². The normalized spacial score (nSPS) is 11.2. The Labute approximate surface area is 237 Å². The second kappa shape index (κ2) is 12.9. The maximum Gasteiger partial charge on any atom is 0.228 e. The summed E-state index contributed by atoms with van der Waals surface area (Å²) in [6.07, 6.45) is -3.41. The molecule has 0 saturated carbocycles. The summed E-state index contributed by atoms with van der Waals surface area (Å²) in [7, 11) is 0. The lowest BCUT2D eigenvalue weighted by molar-refractivity contribution is -0.128. The number of halogens is 15. The Morgan fingerprint density at radius 1 is 0.356 bits per heavy atom. The van der Waals surface area contributed by atoms with E-state index in [-0.39, 0.29) is 0 Å². The molecule has 0 spiro atoms. The predicted octanol–water partition coefficient (Wildman–Crippen LogP) is 6.39. The lowest BCUT2D eigenvalue weighted by Gasteiger charge is -2.18. The van der Waals surface area contributed by atoms with Gasteiger partial charge in [0.05, 0.1) is 5.92 Å². The molecule has 3 aromatic carbocycles. The third-order valence-electron chi connectivity index (χ3n) is 5.64. The van der Waals surface area contributed by atoms with E-state index >= 15 is 0 Å². The van der Waals surface area contributed by atoms with Crippen LogP contribution in [-0.2, 0) is 14.4 Å². The zero-order valence-corrected chi connectivity index (χ0v) is 20.9. The minimum absolute atomic E-state index is 1.09. The van der Waals surface area contributed by atoms with Crippen LogP contribution in [-0.4, -0.2) is 17.7 Å². The molecule has 45 heavy (non-hydrogen) atoms. The second-order valence-electron chi connectivity index (χ2n) is 8.53. The molecular formula is C24H8F15N3O3. The molecule has 3 amide bonds. The molecule has 0 atom stereocenters. The topological polar surface area (TPSA) is 87.3 Å². The number of benzene rings is 3. The fourth-order valence-corrected chi connectivity index (χ4v) is 3.46. The Hall–Kier alpha value is -4.98. The van der Waals surface area contributed by atoms with Crippen LogP contribution in [0.5, 0.6) is 0 Å². The fraction of sp³-hybridized carbons (Fsp3) is 0.125. The molecule has 0 saturated heterocycles. The molecule has 0 aromatic heterocycles. The highest BCUT2D eigenvalue weighted by Crippen LogP contribution is 2.31. The van der Waals surface area contributed by atoms with Crippen LogP contribution in [0.1, 0.15) is 12.8 Å². The SMILES string of the molecule is O=C(CC(CC(=O)Nc1c(F)c(F)c(F)c(F)c1F)C(=O)Nc1c(F)c(F)c(F)c(F)c1F)Nc1c(F)c(F)c(F)c(F)c1F. The highest BCUT2D eigenvalue weighted by Gasteiger charge is 2.34. The average molecular weight is 671 g/mol. The van der Waals surface area contributed by atoms with Gasteiger partial charge in [-0.05, 0) is 0 Å². The van der Waals surface area contributed by atoms with Crippen molar-refractivity contribution in [2.45, 2.75) is 12.8 Å². The van der Waals surface area contributed by atoms with Crippen molar-refractivity contribution in [1.82, 2.24) is 0 Å². The summed E-state index contributed by atoms with van der Waals surface area (Å²) in [6.45, 7) is 0. The van der Waals surface area contributed by atoms with Crippen LogP contribution in [0.2, 0.25) is 0 Å². The van der Waals surface area contributed by atoms with Gasteiger partial charge in [0.1, 0.15) is 17.1 Å². The molecule has 0 radical (unpaired) electrons. The van der Waals surface area contributed by atoms with Gasteiger partial charge in [0.25, 0.3) is 0 Å². The molecule has 21 heteroatoms. The van der Waals surface area contributed by atoms with E-state index in [1.165, 1.54) is 0 Å². The molecule has 6 nitrogen and oxygen atoms in total. The van der Waals surface area contributed by atoms with E-state index in [1.807, 2.05) is 0 Å². The molecule has 0 aliphatic heterocycles. The van der Waals surface area contributed by atoms with Crippen LogP contribution in [0.4, 0.5) is 82.9 Å². The summed E-state index contributed by atoms with van der Waals surface area (Å²) in [5.74, 6) is -48.0. The first-order valence-electron chi connectivity index (χ1n) is 11.3. The van der Waals surface area contributed by atoms with Crippen LogP contribution in [0.25, 0.3) is 0 Å². The van der Waals surface area contributed by atoms with E-state index in [0.29, 0.717) is 0 Å². The molecule has 0 aliphatic carbocycles. The number of hydrogen-bond donors (Lipinski definition) is 3. The second-order valence-corrected chi connectivity index (χ2v) is 8.53. The van der Waals surface area contributed by atoms with E-state index in [1.54, 1.807) is 0 Å². The molecule has 3 rings (SSSR count). The Morgan fingerprint density at radius 3 is 0.800 bits per heavy atom. The molecule has 3 aromatic rings. The minimum atomic E-state index is -2.70.